The molecule has 7 heteroatoms. The fourth-order valence-electron chi connectivity index (χ4n) is 4.26. The molecule has 7 nitrogen and oxygen atoms in total. The number of hydrogen-bond acceptors (Lipinski definition) is 4. The van der Waals surface area contributed by atoms with E-state index in [1.165, 1.54) is 4.90 Å². The van der Waals surface area contributed by atoms with Gasteiger partial charge in [-0.05, 0) is 50.5 Å². The number of benzene rings is 1. The minimum Gasteiger partial charge on any atom is -0.292 e. The quantitative estimate of drug-likeness (QED) is 0.376. The molecule has 5 rings (SSSR count). The number of aromatic nitrogens is 3. The monoisotopic (exact) mass is 388 g/mol. The Morgan fingerprint density at radius 2 is 1.52 bits per heavy atom. The lowest BCUT2D eigenvalue weighted by Crippen LogP contribution is -2.30. The molecule has 0 saturated heterocycles. The third kappa shape index (κ3) is 2.57. The standard InChI is InChI=1S/C22H20N4O3/c1-14-19-22(29)24(18-11-7-10-17(23-14)26(18)19)12-5-2-6-13-25-20(27)15-8-3-4-9-16(15)21(25)28/h3-4,7-11H,2,5-6,12-13H2,1H3. The van der Waals surface area contributed by atoms with E-state index in [1.807, 2.05) is 29.5 Å². The van der Waals surface area contributed by atoms with E-state index in [9.17, 15) is 14.4 Å². The van der Waals surface area contributed by atoms with Crippen LogP contribution >= 0.6 is 0 Å². The summed E-state index contributed by atoms with van der Waals surface area (Å²) in [5.41, 5.74) is 3.98. The molecular formula is C22H20N4O3. The smallest absolute Gasteiger partial charge is 0.278 e. The number of aryl methyl sites for hydroxylation is 2. The van der Waals surface area contributed by atoms with Crippen LogP contribution in [-0.2, 0) is 6.54 Å². The molecule has 0 aliphatic carbocycles. The number of imidazole rings is 2. The van der Waals surface area contributed by atoms with Crippen LogP contribution in [0.2, 0.25) is 0 Å². The van der Waals surface area contributed by atoms with Crippen molar-refractivity contribution in [1.82, 2.24) is 18.9 Å². The molecule has 0 spiro atoms. The Hall–Kier alpha value is -3.48. The van der Waals surface area contributed by atoms with E-state index in [-0.39, 0.29) is 17.4 Å². The predicted octanol–water partition coefficient (Wildman–Crippen LogP) is 2.86. The minimum atomic E-state index is -0.214. The van der Waals surface area contributed by atoms with Gasteiger partial charge in [-0.3, -0.25) is 28.3 Å². The molecule has 29 heavy (non-hydrogen) atoms. The maximum absolute atomic E-state index is 12.8. The Morgan fingerprint density at radius 3 is 2.24 bits per heavy atom. The first-order chi connectivity index (χ1) is 14.1. The fourth-order valence-corrected chi connectivity index (χ4v) is 4.26. The van der Waals surface area contributed by atoms with Crippen molar-refractivity contribution in [1.29, 1.82) is 0 Å². The van der Waals surface area contributed by atoms with Crippen LogP contribution in [0.5, 0.6) is 0 Å². The van der Waals surface area contributed by atoms with Crippen LogP contribution in [0.25, 0.3) is 16.8 Å². The first-order valence-electron chi connectivity index (χ1n) is 9.83. The van der Waals surface area contributed by atoms with E-state index < -0.39 is 0 Å². The Labute approximate surface area is 166 Å². The summed E-state index contributed by atoms with van der Waals surface area (Å²) in [6, 6.07) is 12.7. The Kier molecular flexibility index (Phi) is 3.97. The molecule has 0 radical (unpaired) electrons. The predicted molar refractivity (Wildman–Crippen MR) is 109 cm³/mol. The second-order valence-corrected chi connectivity index (χ2v) is 7.45. The first kappa shape index (κ1) is 17.6. The number of imide groups is 1. The maximum Gasteiger partial charge on any atom is 0.278 e. The molecule has 0 bridgehead atoms. The highest BCUT2D eigenvalue weighted by molar-refractivity contribution is 6.21. The summed E-state index contributed by atoms with van der Waals surface area (Å²) < 4.78 is 3.70. The second kappa shape index (κ2) is 6.55. The maximum atomic E-state index is 12.8. The van der Waals surface area contributed by atoms with Gasteiger partial charge < -0.3 is 0 Å². The highest BCUT2D eigenvalue weighted by atomic mass is 16.2. The fraction of sp³-hybridized carbons (Fsp3) is 0.273. The van der Waals surface area contributed by atoms with Crippen molar-refractivity contribution in [2.24, 2.45) is 0 Å². The SMILES string of the molecule is Cc1nc2cccc3n(CCCCCN4C(=O)c5ccccc5C4=O)c(=O)c1n23. The summed E-state index contributed by atoms with van der Waals surface area (Å²) in [5, 5.41) is 0. The molecule has 1 aliphatic heterocycles. The summed E-state index contributed by atoms with van der Waals surface area (Å²) in [6.45, 7) is 2.86. The van der Waals surface area contributed by atoms with Gasteiger partial charge in [-0.15, -0.1) is 0 Å². The molecule has 4 aromatic rings. The van der Waals surface area contributed by atoms with E-state index in [4.69, 9.17) is 0 Å². The molecule has 0 fully saturated rings. The van der Waals surface area contributed by atoms with E-state index >= 15 is 0 Å². The van der Waals surface area contributed by atoms with Gasteiger partial charge in [0.15, 0.2) is 0 Å². The number of amides is 2. The van der Waals surface area contributed by atoms with Crippen molar-refractivity contribution < 1.29 is 9.59 Å². The van der Waals surface area contributed by atoms with Crippen LogP contribution in [-0.4, -0.2) is 37.2 Å². The number of unbranched alkanes of at least 4 members (excludes halogenated alkanes) is 2. The van der Waals surface area contributed by atoms with Crippen LogP contribution in [0, 0.1) is 6.92 Å². The Bertz CT molecular complexity index is 1280. The number of nitrogens with zero attached hydrogens (tertiary/aromatic N) is 4. The highest BCUT2D eigenvalue weighted by Crippen LogP contribution is 2.23. The zero-order chi connectivity index (χ0) is 20.1. The van der Waals surface area contributed by atoms with Crippen molar-refractivity contribution in [3.8, 4) is 0 Å². The van der Waals surface area contributed by atoms with Crippen LogP contribution in [0.3, 0.4) is 0 Å². The van der Waals surface area contributed by atoms with Gasteiger partial charge in [0.25, 0.3) is 17.4 Å². The van der Waals surface area contributed by atoms with Gasteiger partial charge in [0.05, 0.1) is 16.8 Å². The van der Waals surface area contributed by atoms with Crippen molar-refractivity contribution in [3.05, 3.63) is 69.6 Å². The zero-order valence-corrected chi connectivity index (χ0v) is 16.1. The molecule has 1 aromatic carbocycles. The van der Waals surface area contributed by atoms with Gasteiger partial charge >= 0.3 is 0 Å². The van der Waals surface area contributed by atoms with Gasteiger partial charge in [0, 0.05) is 13.1 Å². The van der Waals surface area contributed by atoms with Crippen molar-refractivity contribution >= 4 is 28.6 Å². The summed E-state index contributed by atoms with van der Waals surface area (Å²) >= 11 is 0. The highest BCUT2D eigenvalue weighted by Gasteiger charge is 2.34. The number of rotatable bonds is 6. The summed E-state index contributed by atoms with van der Waals surface area (Å²) in [7, 11) is 0. The molecule has 0 saturated carbocycles. The Balaban J connectivity index is 1.24. The third-order valence-electron chi connectivity index (χ3n) is 5.66. The molecule has 0 atom stereocenters. The lowest BCUT2D eigenvalue weighted by atomic mass is 10.1. The average molecular weight is 388 g/mol. The first-order valence-corrected chi connectivity index (χ1v) is 9.83. The third-order valence-corrected chi connectivity index (χ3v) is 5.66. The largest absolute Gasteiger partial charge is 0.292 e. The van der Waals surface area contributed by atoms with Crippen LogP contribution < -0.4 is 5.56 Å². The van der Waals surface area contributed by atoms with Crippen molar-refractivity contribution in [2.75, 3.05) is 6.54 Å². The lowest BCUT2D eigenvalue weighted by molar-refractivity contribution is 0.0651. The molecule has 3 aromatic heterocycles. The number of carbonyl (C=O) groups excluding carboxylic acids is 2. The molecule has 146 valence electrons. The van der Waals surface area contributed by atoms with E-state index in [2.05, 4.69) is 4.98 Å². The number of pyridine rings is 1. The van der Waals surface area contributed by atoms with Gasteiger partial charge in [-0.25, -0.2) is 4.98 Å². The van der Waals surface area contributed by atoms with Crippen LogP contribution in [0.4, 0.5) is 0 Å². The molecule has 2 amide bonds. The zero-order valence-electron chi connectivity index (χ0n) is 16.1. The minimum absolute atomic E-state index is 0.0171. The average Bonchev–Trinajstić information content (AvgIpc) is 3.30. The lowest BCUT2D eigenvalue weighted by Gasteiger charge is -2.13. The normalized spacial score (nSPS) is 13.9. The summed E-state index contributed by atoms with van der Waals surface area (Å²) in [6.07, 6.45) is 2.33. The van der Waals surface area contributed by atoms with Gasteiger partial charge in [-0.2, -0.15) is 0 Å². The molecular weight excluding hydrogens is 368 g/mol. The topological polar surface area (TPSA) is 76.7 Å². The van der Waals surface area contributed by atoms with Crippen LogP contribution in [0.1, 0.15) is 45.7 Å². The molecule has 1 aliphatic rings. The number of hydrogen-bond donors (Lipinski definition) is 0. The molecule has 0 N–H and O–H groups in total. The summed E-state index contributed by atoms with van der Waals surface area (Å²) in [4.78, 5) is 43.4. The van der Waals surface area contributed by atoms with Gasteiger partial charge in [-0.1, -0.05) is 18.2 Å². The van der Waals surface area contributed by atoms with Gasteiger partial charge in [0.1, 0.15) is 16.8 Å². The number of fused-ring (bicyclic) bond motifs is 1. The van der Waals surface area contributed by atoms with Crippen molar-refractivity contribution in [2.45, 2.75) is 32.7 Å². The van der Waals surface area contributed by atoms with E-state index in [1.54, 1.807) is 28.8 Å². The van der Waals surface area contributed by atoms with Crippen molar-refractivity contribution in [3.63, 3.8) is 0 Å². The molecule has 0 unspecified atom stereocenters. The van der Waals surface area contributed by atoms with Crippen LogP contribution in [0.15, 0.2) is 47.3 Å². The molecule has 4 heterocycles. The van der Waals surface area contributed by atoms with Gasteiger partial charge in [0.2, 0.25) is 0 Å². The summed E-state index contributed by atoms with van der Waals surface area (Å²) in [5.74, 6) is -0.427. The second-order valence-electron chi connectivity index (χ2n) is 7.45. The van der Waals surface area contributed by atoms with E-state index in [0.29, 0.717) is 36.2 Å². The number of carbonyl (C=O) groups is 2. The van der Waals surface area contributed by atoms with E-state index in [0.717, 1.165) is 29.8 Å². The Morgan fingerprint density at radius 1 is 0.828 bits per heavy atom.